The van der Waals surface area contributed by atoms with Gasteiger partial charge in [-0.1, -0.05) is 6.07 Å². The number of fused-ring (bicyclic) bond motifs is 1. The molecule has 2 atom stereocenters. The van der Waals surface area contributed by atoms with E-state index in [2.05, 4.69) is 9.97 Å². The van der Waals surface area contributed by atoms with Gasteiger partial charge in [-0.25, -0.2) is 4.79 Å². The number of benzene rings is 1. The van der Waals surface area contributed by atoms with Crippen LogP contribution in [-0.2, 0) is 0 Å². The topological polar surface area (TPSA) is 76.6 Å². The maximum Gasteiger partial charge on any atom is 0.414 e. The Morgan fingerprint density at radius 3 is 2.17 bits per heavy atom. The smallest absolute Gasteiger partial charge is 0.414 e. The van der Waals surface area contributed by atoms with Gasteiger partial charge in [0.25, 0.3) is 0 Å². The molecule has 0 saturated heterocycles. The molecule has 1 aromatic carbocycles. The van der Waals surface area contributed by atoms with Crippen LogP contribution < -0.4 is 14.8 Å². The number of ether oxygens (including phenoxy) is 2. The van der Waals surface area contributed by atoms with E-state index in [9.17, 15) is 44.3 Å². The molecule has 2 unspecified atom stereocenters. The molecule has 1 N–H and O–H groups in total. The second kappa shape index (κ2) is 12.5. The average molecular weight is 612 g/mol. The van der Waals surface area contributed by atoms with Crippen LogP contribution in [0, 0.1) is 0 Å². The Balaban J connectivity index is 2.08. The number of rotatable bonds is 9. The van der Waals surface area contributed by atoms with Crippen molar-refractivity contribution in [3.63, 3.8) is 0 Å². The van der Waals surface area contributed by atoms with Gasteiger partial charge in [-0.05, 0) is 43.2 Å². The number of nitrogens with one attached hydrogen (secondary N) is 1. The molecule has 2 aromatic heterocycles. The predicted octanol–water partition coefficient (Wildman–Crippen LogP) is 7.22. The molecule has 0 saturated carbocycles. The van der Waals surface area contributed by atoms with Gasteiger partial charge in [0, 0.05) is 30.1 Å². The summed E-state index contributed by atoms with van der Waals surface area (Å²) in [6.07, 6.45) is -16.7. The number of hydrogen-bond donors (Lipinski definition) is 1. The second-order valence-corrected chi connectivity index (χ2v) is 8.99. The van der Waals surface area contributed by atoms with Gasteiger partial charge in [0.2, 0.25) is 0 Å². The molecule has 2 heterocycles. The lowest BCUT2D eigenvalue weighted by Crippen LogP contribution is -2.53. The minimum Gasteiger partial charge on any atom is -0.494 e. The van der Waals surface area contributed by atoms with Gasteiger partial charge in [0.05, 0.1) is 26.1 Å². The van der Waals surface area contributed by atoms with E-state index in [1.165, 1.54) is 31.8 Å². The van der Waals surface area contributed by atoms with Crippen LogP contribution in [0.1, 0.15) is 31.5 Å². The highest BCUT2D eigenvalue weighted by Gasteiger charge is 2.49. The molecule has 0 aliphatic rings. The molecule has 0 aliphatic carbocycles. The summed E-state index contributed by atoms with van der Waals surface area (Å²) in [4.78, 5) is 20.8. The fraction of sp³-hybridized carbons (Fsp3) is 0.423. The first kappa shape index (κ1) is 32.5. The maximum absolute atomic E-state index is 14.4. The molecule has 0 radical (unpaired) electrons. The summed E-state index contributed by atoms with van der Waals surface area (Å²) < 4.78 is 132. The highest BCUT2D eigenvalue weighted by molar-refractivity contribution is 5.90. The Bertz CT molecular complexity index is 1390. The first-order valence-corrected chi connectivity index (χ1v) is 12.2. The largest absolute Gasteiger partial charge is 0.494 e. The monoisotopic (exact) mass is 612 g/mol. The molecule has 0 aliphatic heterocycles. The predicted molar refractivity (Wildman–Crippen MR) is 133 cm³/mol. The fourth-order valence-corrected chi connectivity index (χ4v) is 4.27. The van der Waals surface area contributed by atoms with Crippen LogP contribution in [0.25, 0.3) is 22.0 Å². The van der Waals surface area contributed by atoms with Crippen molar-refractivity contribution >= 4 is 16.9 Å². The summed E-state index contributed by atoms with van der Waals surface area (Å²) in [6.45, 7) is 0.306. The number of pyridine rings is 2. The number of carbonyl (C=O) groups is 1. The Labute approximate surface area is 233 Å². The average Bonchev–Trinajstić information content (AvgIpc) is 2.90. The summed E-state index contributed by atoms with van der Waals surface area (Å²) in [6, 6.07) is -0.440. The summed E-state index contributed by atoms with van der Waals surface area (Å²) >= 11 is 0. The van der Waals surface area contributed by atoms with Crippen molar-refractivity contribution in [3.8, 4) is 22.6 Å². The van der Waals surface area contributed by atoms with Gasteiger partial charge in [0.1, 0.15) is 23.1 Å². The molecule has 16 heteroatoms. The van der Waals surface area contributed by atoms with Crippen LogP contribution in [0.15, 0.2) is 42.7 Å². The lowest BCUT2D eigenvalue weighted by Gasteiger charge is -2.34. The lowest BCUT2D eigenvalue weighted by atomic mass is 9.99. The molecule has 0 fully saturated rings. The molecule has 7 nitrogen and oxygen atoms in total. The number of aromatic nitrogens is 2. The first-order valence-electron chi connectivity index (χ1n) is 12.2. The number of hydrogen-bond acceptors (Lipinski definition) is 5. The minimum absolute atomic E-state index is 0.0236. The molecule has 2 amide bonds. The van der Waals surface area contributed by atoms with E-state index in [1.54, 1.807) is 18.2 Å². The maximum atomic E-state index is 14.4. The molecule has 0 bridgehead atoms. The quantitative estimate of drug-likeness (QED) is 0.258. The number of amides is 2. The highest BCUT2D eigenvalue weighted by atomic mass is 19.4. The van der Waals surface area contributed by atoms with Gasteiger partial charge in [0.15, 0.2) is 6.04 Å². The third-order valence-electron chi connectivity index (χ3n) is 6.22. The number of nitrogens with zero attached hydrogens (tertiary/aromatic N) is 3. The van der Waals surface area contributed by atoms with Crippen LogP contribution >= 0.6 is 0 Å². The van der Waals surface area contributed by atoms with Crippen molar-refractivity contribution in [2.75, 3.05) is 20.8 Å². The Hall–Kier alpha value is -3.98. The summed E-state index contributed by atoms with van der Waals surface area (Å²) in [7, 11) is 2.61. The third-order valence-corrected chi connectivity index (χ3v) is 6.22. The van der Waals surface area contributed by atoms with E-state index in [-0.39, 0.29) is 22.0 Å². The number of halogens is 9. The first-order chi connectivity index (χ1) is 19.5. The number of urea groups is 1. The highest BCUT2D eigenvalue weighted by Crippen LogP contribution is 2.42. The van der Waals surface area contributed by atoms with Gasteiger partial charge in [-0.2, -0.15) is 39.5 Å². The Morgan fingerprint density at radius 2 is 1.62 bits per heavy atom. The number of carbonyl (C=O) groups excluding carboxylic acids is 1. The summed E-state index contributed by atoms with van der Waals surface area (Å²) in [5.74, 6) is 0.309. The van der Waals surface area contributed by atoms with Crippen LogP contribution in [-0.4, -0.2) is 66.2 Å². The van der Waals surface area contributed by atoms with E-state index in [0.29, 0.717) is 16.5 Å². The van der Waals surface area contributed by atoms with Crippen LogP contribution in [0.2, 0.25) is 0 Å². The molecule has 3 rings (SSSR count). The van der Waals surface area contributed by atoms with E-state index < -0.39 is 61.7 Å². The normalized spacial score (nSPS) is 13.9. The molecule has 3 aromatic rings. The number of alkyl halides is 9. The Kier molecular flexibility index (Phi) is 9.67. The van der Waals surface area contributed by atoms with Gasteiger partial charge < -0.3 is 19.7 Å². The van der Waals surface area contributed by atoms with E-state index in [0.717, 1.165) is 19.2 Å². The molecule has 0 spiro atoms. The standard InChI is InChI=1S/C26H25F9N4O3/c1-4-39(23(40)38-20(25(30,31)32)7-8-24(27,28)29)22(26(33,34)35)17-12-16(19(42-3)13-37-17)15-10-14-6-5-9-36-21(14)18(11-15)41-2/h5-6,9-13,20,22H,4,7-8H2,1-3H3,(H,38,40). The van der Waals surface area contributed by atoms with Crippen molar-refractivity contribution in [1.82, 2.24) is 20.2 Å². The van der Waals surface area contributed by atoms with Crippen molar-refractivity contribution in [1.29, 1.82) is 0 Å². The van der Waals surface area contributed by atoms with E-state index >= 15 is 0 Å². The van der Waals surface area contributed by atoms with Crippen molar-refractivity contribution < 1.29 is 53.8 Å². The second-order valence-electron chi connectivity index (χ2n) is 8.99. The summed E-state index contributed by atoms with van der Waals surface area (Å²) in [5.41, 5.74) is 0.0734. The lowest BCUT2D eigenvalue weighted by molar-refractivity contribution is -0.182. The van der Waals surface area contributed by atoms with Crippen molar-refractivity contribution in [3.05, 3.63) is 48.4 Å². The Morgan fingerprint density at radius 1 is 0.952 bits per heavy atom. The van der Waals surface area contributed by atoms with Gasteiger partial charge in [-0.15, -0.1) is 0 Å². The molecular weight excluding hydrogens is 587 g/mol. The van der Waals surface area contributed by atoms with E-state index in [4.69, 9.17) is 9.47 Å². The van der Waals surface area contributed by atoms with Crippen LogP contribution in [0.4, 0.5) is 44.3 Å². The minimum atomic E-state index is -5.36. The third kappa shape index (κ3) is 7.64. The molecular formula is C26H25F9N4O3. The van der Waals surface area contributed by atoms with Gasteiger partial charge in [-0.3, -0.25) is 9.97 Å². The summed E-state index contributed by atoms with van der Waals surface area (Å²) in [5, 5.41) is 1.85. The van der Waals surface area contributed by atoms with Crippen molar-refractivity contribution in [2.45, 2.75) is 50.4 Å². The van der Waals surface area contributed by atoms with E-state index in [1.807, 2.05) is 0 Å². The number of methoxy groups -OCH3 is 2. The SMILES string of the molecule is CCN(C(=O)NC(CCC(F)(F)F)C(F)(F)F)C(c1cc(-c2cc(OC)c3ncccc3c2)c(OC)cn1)C(F)(F)F. The van der Waals surface area contributed by atoms with Crippen LogP contribution in [0.3, 0.4) is 0 Å². The molecule has 42 heavy (non-hydrogen) atoms. The zero-order valence-corrected chi connectivity index (χ0v) is 22.3. The zero-order valence-electron chi connectivity index (χ0n) is 22.3. The van der Waals surface area contributed by atoms with Gasteiger partial charge >= 0.3 is 24.6 Å². The fourth-order valence-electron chi connectivity index (χ4n) is 4.27. The molecule has 230 valence electrons. The van der Waals surface area contributed by atoms with Crippen LogP contribution in [0.5, 0.6) is 11.5 Å². The zero-order chi connectivity index (χ0) is 31.5. The van der Waals surface area contributed by atoms with Crippen molar-refractivity contribution in [2.24, 2.45) is 0 Å².